The summed E-state index contributed by atoms with van der Waals surface area (Å²) in [6.07, 6.45) is 0. The predicted molar refractivity (Wildman–Crippen MR) is 75.1 cm³/mol. The molecule has 110 valence electrons. The predicted octanol–water partition coefficient (Wildman–Crippen LogP) is 0.308. The van der Waals surface area contributed by atoms with Crippen molar-refractivity contribution in [1.29, 1.82) is 0 Å². The highest BCUT2D eigenvalue weighted by molar-refractivity contribution is 5.86. The summed E-state index contributed by atoms with van der Waals surface area (Å²) in [6.45, 7) is 14.0. The zero-order chi connectivity index (χ0) is 14.1. The highest BCUT2D eigenvalue weighted by atomic mass is 16.5. The van der Waals surface area contributed by atoms with E-state index in [9.17, 15) is 4.79 Å². The van der Waals surface area contributed by atoms with Crippen molar-refractivity contribution in [3.63, 3.8) is 0 Å². The van der Waals surface area contributed by atoms with Gasteiger partial charge in [0.05, 0.1) is 24.3 Å². The van der Waals surface area contributed by atoms with E-state index >= 15 is 0 Å². The number of rotatable bonds is 2. The Morgan fingerprint density at radius 3 is 2.42 bits per heavy atom. The van der Waals surface area contributed by atoms with Crippen LogP contribution in [-0.4, -0.2) is 72.7 Å². The Hall–Kier alpha value is -0.650. The van der Waals surface area contributed by atoms with Crippen LogP contribution in [0.1, 0.15) is 27.7 Å². The fourth-order valence-corrected chi connectivity index (χ4v) is 2.92. The van der Waals surface area contributed by atoms with E-state index in [4.69, 9.17) is 4.74 Å². The van der Waals surface area contributed by atoms with Gasteiger partial charge in [0.2, 0.25) is 5.91 Å². The van der Waals surface area contributed by atoms with Gasteiger partial charge in [-0.05, 0) is 27.7 Å². The van der Waals surface area contributed by atoms with Crippen LogP contribution in [0.4, 0.5) is 0 Å². The average Bonchev–Trinajstić information content (AvgIpc) is 2.38. The smallest absolute Gasteiger partial charge is 0.243 e. The monoisotopic (exact) mass is 269 g/mol. The molecule has 2 heterocycles. The molecule has 0 aromatic carbocycles. The maximum Gasteiger partial charge on any atom is 0.243 e. The van der Waals surface area contributed by atoms with Gasteiger partial charge in [-0.1, -0.05) is 0 Å². The third-order valence-electron chi connectivity index (χ3n) is 4.32. The summed E-state index contributed by atoms with van der Waals surface area (Å²) in [5.74, 6) is 0.225. The molecule has 0 aromatic heterocycles. The van der Waals surface area contributed by atoms with Crippen molar-refractivity contribution in [2.24, 2.45) is 0 Å². The third-order valence-corrected chi connectivity index (χ3v) is 4.32. The van der Waals surface area contributed by atoms with Crippen molar-refractivity contribution in [3.05, 3.63) is 0 Å². The van der Waals surface area contributed by atoms with Crippen molar-refractivity contribution >= 4 is 5.91 Å². The first kappa shape index (κ1) is 14.8. The molecule has 0 aromatic rings. The van der Waals surface area contributed by atoms with Crippen LogP contribution in [0.3, 0.4) is 0 Å². The molecular weight excluding hydrogens is 242 g/mol. The zero-order valence-electron chi connectivity index (χ0n) is 12.7. The van der Waals surface area contributed by atoms with Crippen LogP contribution >= 0.6 is 0 Å². The minimum absolute atomic E-state index is 0.208. The lowest BCUT2D eigenvalue weighted by atomic mass is 9.94. The van der Waals surface area contributed by atoms with E-state index in [0.717, 1.165) is 26.2 Å². The van der Waals surface area contributed by atoms with Crippen LogP contribution in [0, 0.1) is 0 Å². The first-order chi connectivity index (χ1) is 8.86. The van der Waals surface area contributed by atoms with E-state index in [1.807, 2.05) is 18.7 Å². The summed E-state index contributed by atoms with van der Waals surface area (Å²) in [4.78, 5) is 17.2. The summed E-state index contributed by atoms with van der Waals surface area (Å²) in [5, 5.41) is 3.33. The van der Waals surface area contributed by atoms with Gasteiger partial charge in [0, 0.05) is 32.7 Å². The third kappa shape index (κ3) is 2.93. The fraction of sp³-hybridized carbons (Fsp3) is 0.929. The second-order valence-electron chi connectivity index (χ2n) is 6.62. The SMILES string of the molecule is CC1(C)COCCN1C(=O)C(C)(C)N1CCNCC1. The molecule has 1 N–H and O–H groups in total. The van der Waals surface area contributed by atoms with Gasteiger partial charge in [0.15, 0.2) is 0 Å². The average molecular weight is 269 g/mol. The van der Waals surface area contributed by atoms with Crippen molar-refractivity contribution in [2.45, 2.75) is 38.8 Å². The summed E-state index contributed by atoms with van der Waals surface area (Å²) in [6, 6.07) is 0. The van der Waals surface area contributed by atoms with Gasteiger partial charge in [-0.15, -0.1) is 0 Å². The van der Waals surface area contributed by atoms with Gasteiger partial charge >= 0.3 is 0 Å². The van der Waals surface area contributed by atoms with E-state index < -0.39 is 5.54 Å². The number of carbonyl (C=O) groups excluding carboxylic acids is 1. The summed E-state index contributed by atoms with van der Waals surface area (Å²) >= 11 is 0. The second kappa shape index (κ2) is 5.38. The number of hydrogen-bond acceptors (Lipinski definition) is 4. The van der Waals surface area contributed by atoms with Crippen molar-refractivity contribution in [1.82, 2.24) is 15.1 Å². The maximum atomic E-state index is 12.9. The molecule has 2 saturated heterocycles. The number of nitrogens with one attached hydrogen (secondary N) is 1. The topological polar surface area (TPSA) is 44.8 Å². The first-order valence-corrected chi connectivity index (χ1v) is 7.21. The molecule has 1 amide bonds. The Morgan fingerprint density at radius 2 is 1.84 bits per heavy atom. The molecule has 0 bridgehead atoms. The lowest BCUT2D eigenvalue weighted by molar-refractivity contribution is -0.158. The molecule has 0 radical (unpaired) electrons. The molecule has 0 atom stereocenters. The molecule has 0 saturated carbocycles. The van der Waals surface area contributed by atoms with Gasteiger partial charge in [-0.2, -0.15) is 0 Å². The summed E-state index contributed by atoms with van der Waals surface area (Å²) in [5.41, 5.74) is -0.642. The molecule has 2 aliphatic heterocycles. The molecule has 5 heteroatoms. The van der Waals surface area contributed by atoms with Gasteiger partial charge in [0.25, 0.3) is 0 Å². The van der Waals surface area contributed by atoms with Crippen LogP contribution in [0.25, 0.3) is 0 Å². The van der Waals surface area contributed by atoms with Gasteiger partial charge in [-0.3, -0.25) is 9.69 Å². The number of morpholine rings is 1. The Labute approximate surface area is 116 Å². The molecular formula is C14H27N3O2. The summed E-state index contributed by atoms with van der Waals surface area (Å²) in [7, 11) is 0. The lowest BCUT2D eigenvalue weighted by Crippen LogP contribution is -2.66. The Kier molecular flexibility index (Phi) is 4.18. The van der Waals surface area contributed by atoms with Crippen LogP contribution in [0.15, 0.2) is 0 Å². The van der Waals surface area contributed by atoms with Crippen LogP contribution in [-0.2, 0) is 9.53 Å². The Morgan fingerprint density at radius 1 is 1.21 bits per heavy atom. The van der Waals surface area contributed by atoms with E-state index in [0.29, 0.717) is 19.8 Å². The minimum atomic E-state index is -0.434. The highest BCUT2D eigenvalue weighted by Crippen LogP contribution is 2.26. The molecule has 2 aliphatic rings. The number of ether oxygens (including phenoxy) is 1. The molecule has 2 fully saturated rings. The van der Waals surface area contributed by atoms with Crippen molar-refractivity contribution < 1.29 is 9.53 Å². The second-order valence-corrected chi connectivity index (χ2v) is 6.62. The standard InChI is InChI=1S/C14H27N3O2/c1-13(2)11-19-10-9-17(13)12(18)14(3,4)16-7-5-15-6-8-16/h15H,5-11H2,1-4H3. The van der Waals surface area contributed by atoms with Gasteiger partial charge in [-0.25, -0.2) is 0 Å². The molecule has 0 aliphatic carbocycles. The maximum absolute atomic E-state index is 12.9. The lowest BCUT2D eigenvalue weighted by Gasteiger charge is -2.48. The molecule has 2 rings (SSSR count). The summed E-state index contributed by atoms with van der Waals surface area (Å²) < 4.78 is 5.51. The number of nitrogens with zero attached hydrogens (tertiary/aromatic N) is 2. The van der Waals surface area contributed by atoms with Crippen LogP contribution in [0.5, 0.6) is 0 Å². The Balaban J connectivity index is 2.12. The van der Waals surface area contributed by atoms with Crippen LogP contribution < -0.4 is 5.32 Å². The Bertz CT molecular complexity index is 336. The van der Waals surface area contributed by atoms with E-state index in [-0.39, 0.29) is 11.4 Å². The molecule has 19 heavy (non-hydrogen) atoms. The van der Waals surface area contributed by atoms with E-state index in [2.05, 4.69) is 24.1 Å². The minimum Gasteiger partial charge on any atom is -0.377 e. The number of amides is 1. The first-order valence-electron chi connectivity index (χ1n) is 7.21. The molecule has 5 nitrogen and oxygen atoms in total. The van der Waals surface area contributed by atoms with E-state index in [1.165, 1.54) is 0 Å². The fourth-order valence-electron chi connectivity index (χ4n) is 2.92. The number of carbonyl (C=O) groups is 1. The van der Waals surface area contributed by atoms with Gasteiger partial charge < -0.3 is 15.0 Å². The quantitative estimate of drug-likeness (QED) is 0.783. The molecule has 0 spiro atoms. The normalized spacial score (nSPS) is 25.4. The number of piperazine rings is 1. The van der Waals surface area contributed by atoms with Crippen molar-refractivity contribution in [2.75, 3.05) is 45.9 Å². The zero-order valence-corrected chi connectivity index (χ0v) is 12.7. The highest BCUT2D eigenvalue weighted by Gasteiger charge is 2.43. The number of hydrogen-bond donors (Lipinski definition) is 1. The van der Waals surface area contributed by atoms with E-state index in [1.54, 1.807) is 0 Å². The molecule has 0 unspecified atom stereocenters. The largest absolute Gasteiger partial charge is 0.377 e. The van der Waals surface area contributed by atoms with Gasteiger partial charge in [0.1, 0.15) is 0 Å². The van der Waals surface area contributed by atoms with Crippen molar-refractivity contribution in [3.8, 4) is 0 Å². The van der Waals surface area contributed by atoms with Crippen LogP contribution in [0.2, 0.25) is 0 Å².